The summed E-state index contributed by atoms with van der Waals surface area (Å²) < 4.78 is 0.529. The fourth-order valence-corrected chi connectivity index (χ4v) is 2.85. The number of nitrogens with zero attached hydrogens (tertiary/aromatic N) is 2. The van der Waals surface area contributed by atoms with E-state index < -0.39 is 0 Å². The van der Waals surface area contributed by atoms with Gasteiger partial charge in [0.2, 0.25) is 0 Å². The first-order valence-corrected chi connectivity index (χ1v) is 7.20. The zero-order chi connectivity index (χ0) is 13.8. The van der Waals surface area contributed by atoms with Gasteiger partial charge in [0.15, 0.2) is 0 Å². The largest absolute Gasteiger partial charge is 0.313 e. The van der Waals surface area contributed by atoms with Gasteiger partial charge in [0.1, 0.15) is 0 Å². The Labute approximate surface area is 121 Å². The van der Waals surface area contributed by atoms with E-state index in [4.69, 9.17) is 0 Å². The van der Waals surface area contributed by atoms with E-state index in [2.05, 4.69) is 26.1 Å². The molecule has 1 aliphatic rings. The van der Waals surface area contributed by atoms with Gasteiger partial charge in [-0.25, -0.2) is 0 Å². The summed E-state index contributed by atoms with van der Waals surface area (Å²) in [5, 5.41) is 14.3. The SMILES string of the molecule is CN(Cc1ccc(Br)c([N+](=O)[O-])c1)CC1CCCN1. The van der Waals surface area contributed by atoms with Gasteiger partial charge in [0.05, 0.1) is 9.40 Å². The molecule has 1 aromatic carbocycles. The van der Waals surface area contributed by atoms with E-state index >= 15 is 0 Å². The molecule has 1 heterocycles. The lowest BCUT2D eigenvalue weighted by atomic mass is 10.1. The van der Waals surface area contributed by atoms with Gasteiger partial charge in [-0.15, -0.1) is 0 Å². The predicted molar refractivity (Wildman–Crippen MR) is 78.2 cm³/mol. The maximum atomic E-state index is 10.9. The first-order valence-electron chi connectivity index (χ1n) is 6.41. The number of likely N-dealkylation sites (N-methyl/N-ethyl adjacent to an activating group) is 1. The molecule has 0 aromatic heterocycles. The maximum absolute atomic E-state index is 10.9. The van der Waals surface area contributed by atoms with Crippen LogP contribution in [-0.2, 0) is 6.54 Å². The van der Waals surface area contributed by atoms with E-state index in [1.807, 2.05) is 13.1 Å². The van der Waals surface area contributed by atoms with Gasteiger partial charge in [0.25, 0.3) is 5.69 Å². The Morgan fingerprint density at radius 2 is 2.37 bits per heavy atom. The second kappa shape index (κ2) is 6.45. The van der Waals surface area contributed by atoms with Gasteiger partial charge >= 0.3 is 0 Å². The Hall–Kier alpha value is -0.980. The third kappa shape index (κ3) is 3.99. The standard InChI is InChI=1S/C13H18BrN3O2/c1-16(9-11-3-2-6-15-11)8-10-4-5-12(14)13(7-10)17(18)19/h4-5,7,11,15H,2-3,6,8-9H2,1H3. The van der Waals surface area contributed by atoms with Crippen molar-refractivity contribution in [1.82, 2.24) is 10.2 Å². The van der Waals surface area contributed by atoms with Crippen molar-refractivity contribution in [2.45, 2.75) is 25.4 Å². The van der Waals surface area contributed by atoms with Crippen LogP contribution in [0.15, 0.2) is 22.7 Å². The molecular formula is C13H18BrN3O2. The van der Waals surface area contributed by atoms with E-state index in [1.54, 1.807) is 12.1 Å². The number of nitro benzene ring substituents is 1. The molecule has 1 fully saturated rings. The van der Waals surface area contributed by atoms with E-state index in [-0.39, 0.29) is 10.6 Å². The molecular weight excluding hydrogens is 310 g/mol. The van der Waals surface area contributed by atoms with E-state index in [9.17, 15) is 10.1 Å². The third-order valence-electron chi connectivity index (χ3n) is 3.35. The molecule has 2 rings (SSSR count). The summed E-state index contributed by atoms with van der Waals surface area (Å²) >= 11 is 3.20. The molecule has 1 unspecified atom stereocenters. The minimum atomic E-state index is -0.355. The van der Waals surface area contributed by atoms with Gasteiger partial charge in [-0.2, -0.15) is 0 Å². The minimum Gasteiger partial charge on any atom is -0.313 e. The lowest BCUT2D eigenvalue weighted by Crippen LogP contribution is -2.34. The number of nitro groups is 1. The highest BCUT2D eigenvalue weighted by Gasteiger charge is 2.17. The molecule has 0 radical (unpaired) electrons. The molecule has 1 saturated heterocycles. The Bertz CT molecular complexity index is 461. The van der Waals surface area contributed by atoms with Crippen LogP contribution in [0.25, 0.3) is 0 Å². The highest BCUT2D eigenvalue weighted by atomic mass is 79.9. The fraction of sp³-hybridized carbons (Fsp3) is 0.538. The molecule has 1 aromatic rings. The van der Waals surface area contributed by atoms with Crippen LogP contribution in [0.3, 0.4) is 0 Å². The molecule has 19 heavy (non-hydrogen) atoms. The number of benzene rings is 1. The van der Waals surface area contributed by atoms with E-state index in [1.165, 1.54) is 12.8 Å². The normalized spacial score (nSPS) is 19.0. The van der Waals surface area contributed by atoms with Gasteiger partial charge in [0, 0.05) is 25.2 Å². The monoisotopic (exact) mass is 327 g/mol. The Kier molecular flexibility index (Phi) is 4.90. The van der Waals surface area contributed by atoms with Crippen LogP contribution < -0.4 is 5.32 Å². The molecule has 6 heteroatoms. The van der Waals surface area contributed by atoms with Crippen LogP contribution in [0.4, 0.5) is 5.69 Å². The van der Waals surface area contributed by atoms with Crippen molar-refractivity contribution in [2.75, 3.05) is 20.1 Å². The van der Waals surface area contributed by atoms with Crippen LogP contribution >= 0.6 is 15.9 Å². The van der Waals surface area contributed by atoms with Gasteiger partial charge in [-0.1, -0.05) is 6.07 Å². The van der Waals surface area contributed by atoms with Gasteiger partial charge in [-0.05, 0) is 54.0 Å². The number of halogens is 1. The van der Waals surface area contributed by atoms with Gasteiger partial charge < -0.3 is 10.2 Å². The molecule has 1 atom stereocenters. The lowest BCUT2D eigenvalue weighted by molar-refractivity contribution is -0.385. The second-order valence-electron chi connectivity index (χ2n) is 5.03. The molecule has 5 nitrogen and oxygen atoms in total. The molecule has 1 N–H and O–H groups in total. The topological polar surface area (TPSA) is 58.4 Å². The second-order valence-corrected chi connectivity index (χ2v) is 5.89. The lowest BCUT2D eigenvalue weighted by Gasteiger charge is -2.21. The average molecular weight is 328 g/mol. The van der Waals surface area contributed by atoms with E-state index in [0.717, 1.165) is 25.2 Å². The molecule has 0 amide bonds. The molecule has 0 aliphatic carbocycles. The Morgan fingerprint density at radius 1 is 1.58 bits per heavy atom. The summed E-state index contributed by atoms with van der Waals surface area (Å²) in [4.78, 5) is 12.7. The summed E-state index contributed by atoms with van der Waals surface area (Å²) in [7, 11) is 2.05. The highest BCUT2D eigenvalue weighted by molar-refractivity contribution is 9.10. The van der Waals surface area contributed by atoms with Crippen LogP contribution in [0, 0.1) is 10.1 Å². The van der Waals surface area contributed by atoms with Crippen molar-refractivity contribution >= 4 is 21.6 Å². The first kappa shape index (κ1) is 14.4. The van der Waals surface area contributed by atoms with Crippen molar-refractivity contribution in [3.05, 3.63) is 38.3 Å². The van der Waals surface area contributed by atoms with Crippen LogP contribution in [-0.4, -0.2) is 36.0 Å². The highest BCUT2D eigenvalue weighted by Crippen LogP contribution is 2.26. The summed E-state index contributed by atoms with van der Waals surface area (Å²) in [6.07, 6.45) is 2.45. The molecule has 104 valence electrons. The molecule has 0 bridgehead atoms. The summed E-state index contributed by atoms with van der Waals surface area (Å²) in [5.74, 6) is 0. The smallest absolute Gasteiger partial charge is 0.283 e. The third-order valence-corrected chi connectivity index (χ3v) is 4.02. The molecule has 0 spiro atoms. The minimum absolute atomic E-state index is 0.130. The number of hydrogen-bond acceptors (Lipinski definition) is 4. The molecule has 0 saturated carbocycles. The summed E-state index contributed by atoms with van der Waals surface area (Å²) in [5.41, 5.74) is 1.10. The van der Waals surface area contributed by atoms with Crippen molar-refractivity contribution in [1.29, 1.82) is 0 Å². The van der Waals surface area contributed by atoms with Crippen molar-refractivity contribution < 1.29 is 4.92 Å². The van der Waals surface area contributed by atoms with Crippen LogP contribution in [0.1, 0.15) is 18.4 Å². The van der Waals surface area contributed by atoms with E-state index in [0.29, 0.717) is 10.5 Å². The first-order chi connectivity index (χ1) is 9.06. The van der Waals surface area contributed by atoms with Crippen molar-refractivity contribution in [3.63, 3.8) is 0 Å². The van der Waals surface area contributed by atoms with Gasteiger partial charge in [-0.3, -0.25) is 10.1 Å². The zero-order valence-corrected chi connectivity index (χ0v) is 12.5. The fourth-order valence-electron chi connectivity index (χ4n) is 2.46. The van der Waals surface area contributed by atoms with Crippen LogP contribution in [0.2, 0.25) is 0 Å². The quantitative estimate of drug-likeness (QED) is 0.667. The van der Waals surface area contributed by atoms with Crippen molar-refractivity contribution in [2.24, 2.45) is 0 Å². The summed E-state index contributed by atoms with van der Waals surface area (Å²) in [6, 6.07) is 5.86. The molecule has 1 aliphatic heterocycles. The van der Waals surface area contributed by atoms with Crippen LogP contribution in [0.5, 0.6) is 0 Å². The number of rotatable bonds is 5. The summed E-state index contributed by atoms with van der Waals surface area (Å²) in [6.45, 7) is 2.80. The zero-order valence-electron chi connectivity index (χ0n) is 10.9. The predicted octanol–water partition coefficient (Wildman–Crippen LogP) is 2.54. The van der Waals surface area contributed by atoms with Crippen molar-refractivity contribution in [3.8, 4) is 0 Å². The average Bonchev–Trinajstić information content (AvgIpc) is 2.84. The number of hydrogen-bond donors (Lipinski definition) is 1. The Morgan fingerprint density at radius 3 is 3.00 bits per heavy atom. The Balaban J connectivity index is 1.98. The number of nitrogens with one attached hydrogen (secondary N) is 1. The maximum Gasteiger partial charge on any atom is 0.283 e.